The lowest BCUT2D eigenvalue weighted by Crippen LogP contribution is -2.62. The van der Waals surface area contributed by atoms with Gasteiger partial charge in [-0.2, -0.15) is 0 Å². The van der Waals surface area contributed by atoms with Crippen LogP contribution in [0.25, 0.3) is 0 Å². The molecule has 3 heterocycles. The number of hydrogen-bond acceptors (Lipinski definition) is 4. The molecule has 6 heteroatoms. The number of carbonyl (C=O) groups is 2. The molecule has 2 amide bonds. The molecule has 26 heavy (non-hydrogen) atoms. The summed E-state index contributed by atoms with van der Waals surface area (Å²) in [6.45, 7) is 6.50. The van der Waals surface area contributed by atoms with Crippen LogP contribution in [0.15, 0.2) is 18.2 Å². The van der Waals surface area contributed by atoms with Crippen LogP contribution in [-0.4, -0.2) is 59.5 Å². The second-order valence-electron chi connectivity index (χ2n) is 7.65. The van der Waals surface area contributed by atoms with E-state index in [2.05, 4.69) is 0 Å². The van der Waals surface area contributed by atoms with Crippen molar-refractivity contribution in [1.82, 2.24) is 9.80 Å². The summed E-state index contributed by atoms with van der Waals surface area (Å²) in [4.78, 5) is 30.3. The minimum absolute atomic E-state index is 0.0848. The highest BCUT2D eigenvalue weighted by atomic mass is 16.6. The third-order valence-corrected chi connectivity index (χ3v) is 5.79. The summed E-state index contributed by atoms with van der Waals surface area (Å²) in [6, 6.07) is 5.46. The lowest BCUT2D eigenvalue weighted by Gasteiger charge is -2.46. The maximum atomic E-state index is 13.3. The van der Waals surface area contributed by atoms with E-state index in [1.807, 2.05) is 23.6 Å². The van der Waals surface area contributed by atoms with Gasteiger partial charge in [0, 0.05) is 24.7 Å². The zero-order chi connectivity index (χ0) is 18.3. The first-order valence-corrected chi connectivity index (χ1v) is 9.56. The third kappa shape index (κ3) is 2.63. The number of benzene rings is 1. The Kier molecular flexibility index (Phi) is 4.29. The minimum atomic E-state index is -0.674. The SMILES string of the molecule is CC(C)N1CCCC2(CCCN2C(=O)c2ccc3c(c2)OCCO3)C1=O. The molecular formula is C20H26N2O4. The maximum absolute atomic E-state index is 13.3. The van der Waals surface area contributed by atoms with E-state index in [1.165, 1.54) is 0 Å². The van der Waals surface area contributed by atoms with E-state index < -0.39 is 5.54 Å². The van der Waals surface area contributed by atoms with Gasteiger partial charge in [-0.15, -0.1) is 0 Å². The van der Waals surface area contributed by atoms with Crippen molar-refractivity contribution in [3.05, 3.63) is 23.8 Å². The highest BCUT2D eigenvalue weighted by molar-refractivity contribution is 6.00. The Morgan fingerprint density at radius 2 is 1.77 bits per heavy atom. The molecule has 0 bridgehead atoms. The number of rotatable bonds is 2. The van der Waals surface area contributed by atoms with Crippen molar-refractivity contribution in [3.63, 3.8) is 0 Å². The first-order valence-electron chi connectivity index (χ1n) is 9.56. The largest absolute Gasteiger partial charge is 0.486 e. The number of amides is 2. The molecule has 0 aromatic heterocycles. The summed E-state index contributed by atoms with van der Waals surface area (Å²) in [5.74, 6) is 1.30. The van der Waals surface area contributed by atoms with Gasteiger partial charge in [-0.1, -0.05) is 0 Å². The van der Waals surface area contributed by atoms with Crippen LogP contribution >= 0.6 is 0 Å². The van der Waals surface area contributed by atoms with Crippen LogP contribution in [0.2, 0.25) is 0 Å². The van der Waals surface area contributed by atoms with Crippen molar-refractivity contribution < 1.29 is 19.1 Å². The van der Waals surface area contributed by atoms with Crippen molar-refractivity contribution in [2.24, 2.45) is 0 Å². The van der Waals surface area contributed by atoms with Gasteiger partial charge in [-0.05, 0) is 57.7 Å². The first kappa shape index (κ1) is 17.2. The number of nitrogens with zero attached hydrogens (tertiary/aromatic N) is 2. The molecule has 2 fully saturated rings. The summed E-state index contributed by atoms with van der Waals surface area (Å²) in [5, 5.41) is 0. The van der Waals surface area contributed by atoms with Gasteiger partial charge in [0.15, 0.2) is 11.5 Å². The number of hydrogen-bond donors (Lipinski definition) is 0. The molecule has 3 aliphatic rings. The van der Waals surface area contributed by atoms with Gasteiger partial charge in [-0.25, -0.2) is 0 Å². The van der Waals surface area contributed by atoms with Crippen LogP contribution in [0.4, 0.5) is 0 Å². The lowest BCUT2D eigenvalue weighted by atomic mass is 9.84. The van der Waals surface area contributed by atoms with E-state index in [-0.39, 0.29) is 17.9 Å². The zero-order valence-electron chi connectivity index (χ0n) is 15.5. The molecule has 2 saturated heterocycles. The number of piperidine rings is 1. The van der Waals surface area contributed by atoms with Crippen molar-refractivity contribution in [3.8, 4) is 11.5 Å². The number of likely N-dealkylation sites (tertiary alicyclic amines) is 2. The van der Waals surface area contributed by atoms with Gasteiger partial charge in [-0.3, -0.25) is 9.59 Å². The lowest BCUT2D eigenvalue weighted by molar-refractivity contribution is -0.147. The molecule has 6 nitrogen and oxygen atoms in total. The van der Waals surface area contributed by atoms with E-state index in [4.69, 9.17) is 9.47 Å². The van der Waals surface area contributed by atoms with E-state index in [0.29, 0.717) is 36.8 Å². The summed E-state index contributed by atoms with van der Waals surface area (Å²) in [5.41, 5.74) is -0.114. The van der Waals surface area contributed by atoms with Gasteiger partial charge < -0.3 is 19.3 Å². The molecule has 4 rings (SSSR count). The van der Waals surface area contributed by atoms with E-state index in [0.717, 1.165) is 32.2 Å². The van der Waals surface area contributed by atoms with E-state index >= 15 is 0 Å². The molecule has 0 N–H and O–H groups in total. The highest BCUT2D eigenvalue weighted by Crippen LogP contribution is 2.40. The molecule has 0 radical (unpaired) electrons. The highest BCUT2D eigenvalue weighted by Gasteiger charge is 2.53. The molecule has 0 saturated carbocycles. The average molecular weight is 358 g/mol. The van der Waals surface area contributed by atoms with Gasteiger partial charge in [0.1, 0.15) is 18.8 Å². The van der Waals surface area contributed by atoms with E-state index in [1.54, 1.807) is 18.2 Å². The molecule has 140 valence electrons. The summed E-state index contributed by atoms with van der Waals surface area (Å²) in [6.07, 6.45) is 3.32. The van der Waals surface area contributed by atoms with Crippen molar-refractivity contribution >= 4 is 11.8 Å². The summed E-state index contributed by atoms with van der Waals surface area (Å²) in [7, 11) is 0. The summed E-state index contributed by atoms with van der Waals surface area (Å²) >= 11 is 0. The predicted molar refractivity (Wildman–Crippen MR) is 96.5 cm³/mol. The Hall–Kier alpha value is -2.24. The van der Waals surface area contributed by atoms with Crippen LogP contribution in [0.3, 0.4) is 0 Å². The molecular weight excluding hydrogens is 332 g/mol. The standard InChI is InChI=1S/C20H26N2O4/c1-14(2)21-9-3-7-20(19(21)24)8-4-10-22(20)18(23)15-5-6-16-17(13-15)26-12-11-25-16/h5-6,13-14H,3-4,7-12H2,1-2H3. The fourth-order valence-electron chi connectivity index (χ4n) is 4.50. The van der Waals surface area contributed by atoms with Crippen LogP contribution in [0.1, 0.15) is 49.9 Å². The van der Waals surface area contributed by atoms with Crippen LogP contribution in [0, 0.1) is 0 Å². The Balaban J connectivity index is 1.64. The Morgan fingerprint density at radius 1 is 1.08 bits per heavy atom. The van der Waals surface area contributed by atoms with Gasteiger partial charge >= 0.3 is 0 Å². The Bertz CT molecular complexity index is 733. The molecule has 1 atom stereocenters. The van der Waals surface area contributed by atoms with Gasteiger partial charge in [0.05, 0.1) is 0 Å². The fraction of sp³-hybridized carbons (Fsp3) is 0.600. The smallest absolute Gasteiger partial charge is 0.254 e. The van der Waals surface area contributed by atoms with Gasteiger partial charge in [0.2, 0.25) is 5.91 Å². The predicted octanol–water partition coefficient (Wildman–Crippen LogP) is 2.46. The quantitative estimate of drug-likeness (QED) is 0.815. The van der Waals surface area contributed by atoms with Crippen LogP contribution < -0.4 is 9.47 Å². The normalized spacial score (nSPS) is 25.3. The second-order valence-corrected chi connectivity index (χ2v) is 7.65. The molecule has 1 spiro atoms. The number of ether oxygens (including phenoxy) is 2. The number of carbonyl (C=O) groups excluding carboxylic acids is 2. The molecule has 1 aromatic rings. The first-order chi connectivity index (χ1) is 12.5. The van der Waals surface area contributed by atoms with Gasteiger partial charge in [0.25, 0.3) is 5.91 Å². The van der Waals surface area contributed by atoms with Crippen molar-refractivity contribution in [2.45, 2.75) is 51.1 Å². The van der Waals surface area contributed by atoms with E-state index in [9.17, 15) is 9.59 Å². The Morgan fingerprint density at radius 3 is 2.50 bits per heavy atom. The third-order valence-electron chi connectivity index (χ3n) is 5.79. The topological polar surface area (TPSA) is 59.1 Å². The fourth-order valence-corrected chi connectivity index (χ4v) is 4.50. The monoisotopic (exact) mass is 358 g/mol. The zero-order valence-corrected chi connectivity index (χ0v) is 15.5. The Labute approximate surface area is 154 Å². The average Bonchev–Trinajstić information content (AvgIpc) is 3.07. The van der Waals surface area contributed by atoms with Crippen LogP contribution in [-0.2, 0) is 4.79 Å². The summed E-state index contributed by atoms with van der Waals surface area (Å²) < 4.78 is 11.2. The minimum Gasteiger partial charge on any atom is -0.486 e. The number of fused-ring (bicyclic) bond motifs is 1. The maximum Gasteiger partial charge on any atom is 0.254 e. The second kappa shape index (κ2) is 6.49. The van der Waals surface area contributed by atoms with Crippen molar-refractivity contribution in [2.75, 3.05) is 26.3 Å². The van der Waals surface area contributed by atoms with Crippen LogP contribution in [0.5, 0.6) is 11.5 Å². The molecule has 1 unspecified atom stereocenters. The molecule has 1 aromatic carbocycles. The van der Waals surface area contributed by atoms with Crippen molar-refractivity contribution in [1.29, 1.82) is 0 Å². The molecule has 0 aliphatic carbocycles. The molecule has 3 aliphatic heterocycles.